The smallest absolute Gasteiger partial charge is 0.212 e. The SMILES string of the molecule is CC(C)c1n[nH]nc1CS(=O)(=O)Cl. The van der Waals surface area contributed by atoms with Crippen LogP contribution in [0.4, 0.5) is 0 Å². The summed E-state index contributed by atoms with van der Waals surface area (Å²) in [5.74, 6) is -0.148. The van der Waals surface area contributed by atoms with Crippen LogP contribution >= 0.6 is 10.7 Å². The Labute approximate surface area is 80.9 Å². The highest BCUT2D eigenvalue weighted by Gasteiger charge is 2.17. The molecule has 1 heterocycles. The van der Waals surface area contributed by atoms with Crippen molar-refractivity contribution in [3.8, 4) is 0 Å². The van der Waals surface area contributed by atoms with Crippen LogP contribution in [-0.2, 0) is 14.8 Å². The third-order valence-electron chi connectivity index (χ3n) is 1.51. The van der Waals surface area contributed by atoms with Crippen molar-refractivity contribution in [1.82, 2.24) is 15.4 Å². The summed E-state index contributed by atoms with van der Waals surface area (Å²) in [7, 11) is 1.54. The van der Waals surface area contributed by atoms with Gasteiger partial charge in [-0.2, -0.15) is 15.4 Å². The first-order valence-corrected chi connectivity index (χ1v) is 6.20. The van der Waals surface area contributed by atoms with E-state index >= 15 is 0 Å². The Morgan fingerprint density at radius 2 is 2.08 bits per heavy atom. The zero-order chi connectivity index (χ0) is 10.1. The number of hydrogen-bond donors (Lipinski definition) is 1. The first-order valence-electron chi connectivity index (χ1n) is 3.72. The molecule has 1 rings (SSSR count). The van der Waals surface area contributed by atoms with E-state index < -0.39 is 9.05 Å². The van der Waals surface area contributed by atoms with Crippen LogP contribution in [-0.4, -0.2) is 23.8 Å². The summed E-state index contributed by atoms with van der Waals surface area (Å²) < 4.78 is 21.5. The minimum absolute atomic E-state index is 0.132. The van der Waals surface area contributed by atoms with E-state index in [1.54, 1.807) is 0 Å². The molecule has 5 nitrogen and oxygen atoms in total. The van der Waals surface area contributed by atoms with E-state index in [2.05, 4.69) is 15.4 Å². The minimum Gasteiger partial charge on any atom is -0.212 e. The number of hydrogen-bond acceptors (Lipinski definition) is 4. The second-order valence-electron chi connectivity index (χ2n) is 2.99. The highest BCUT2D eigenvalue weighted by atomic mass is 35.7. The monoisotopic (exact) mass is 223 g/mol. The number of nitrogens with one attached hydrogen (secondary N) is 1. The second kappa shape index (κ2) is 3.63. The maximum absolute atomic E-state index is 10.8. The van der Waals surface area contributed by atoms with Crippen molar-refractivity contribution >= 4 is 19.7 Å². The molecule has 13 heavy (non-hydrogen) atoms. The molecule has 0 aliphatic rings. The van der Waals surface area contributed by atoms with Crippen LogP contribution in [0.3, 0.4) is 0 Å². The van der Waals surface area contributed by atoms with Crippen molar-refractivity contribution in [1.29, 1.82) is 0 Å². The predicted octanol–water partition coefficient (Wildman–Crippen LogP) is 0.997. The molecule has 0 aromatic carbocycles. The Morgan fingerprint density at radius 3 is 2.54 bits per heavy atom. The van der Waals surface area contributed by atoms with Crippen LogP contribution in [0.5, 0.6) is 0 Å². The standard InChI is InChI=1S/C6H10ClN3O2S/c1-4(2)6-5(8-10-9-6)3-13(7,11)12/h4H,3H2,1-2H3,(H,8,9,10). The topological polar surface area (TPSA) is 75.7 Å². The van der Waals surface area contributed by atoms with Gasteiger partial charge in [0.1, 0.15) is 11.4 Å². The van der Waals surface area contributed by atoms with Crippen molar-refractivity contribution in [2.45, 2.75) is 25.5 Å². The second-order valence-corrected chi connectivity index (χ2v) is 5.77. The molecule has 1 aromatic heterocycles. The van der Waals surface area contributed by atoms with Gasteiger partial charge in [-0.1, -0.05) is 13.8 Å². The fourth-order valence-corrected chi connectivity index (χ4v) is 1.84. The Morgan fingerprint density at radius 1 is 1.46 bits per heavy atom. The lowest BCUT2D eigenvalue weighted by Gasteiger charge is -2.00. The van der Waals surface area contributed by atoms with E-state index in [1.807, 2.05) is 13.8 Å². The molecular weight excluding hydrogens is 214 g/mol. The van der Waals surface area contributed by atoms with E-state index in [-0.39, 0.29) is 11.7 Å². The lowest BCUT2D eigenvalue weighted by Crippen LogP contribution is -2.00. The zero-order valence-corrected chi connectivity index (χ0v) is 8.85. The highest BCUT2D eigenvalue weighted by Crippen LogP contribution is 2.17. The molecule has 1 N–H and O–H groups in total. The number of aromatic amines is 1. The quantitative estimate of drug-likeness (QED) is 0.776. The summed E-state index contributed by atoms with van der Waals surface area (Å²) in [6, 6.07) is 0. The molecule has 0 aliphatic heterocycles. The summed E-state index contributed by atoms with van der Waals surface area (Å²) >= 11 is 0. The summed E-state index contributed by atoms with van der Waals surface area (Å²) in [6.07, 6.45) is 0. The Hall–Kier alpha value is -0.620. The van der Waals surface area contributed by atoms with Gasteiger partial charge in [-0.3, -0.25) is 0 Å². The Kier molecular flexibility index (Phi) is 2.92. The third-order valence-corrected chi connectivity index (χ3v) is 2.45. The molecule has 7 heteroatoms. The van der Waals surface area contributed by atoms with Crippen molar-refractivity contribution in [2.24, 2.45) is 0 Å². The van der Waals surface area contributed by atoms with Gasteiger partial charge in [0.25, 0.3) is 0 Å². The molecule has 0 bridgehead atoms. The first kappa shape index (κ1) is 10.5. The molecule has 0 spiro atoms. The molecular formula is C6H10ClN3O2S. The number of halogens is 1. The lowest BCUT2D eigenvalue weighted by molar-refractivity contribution is 0.608. The maximum atomic E-state index is 10.8. The number of H-pyrrole nitrogens is 1. The van der Waals surface area contributed by atoms with Gasteiger partial charge in [0, 0.05) is 10.7 Å². The molecule has 0 atom stereocenters. The Balaban J connectivity index is 2.96. The molecule has 0 fully saturated rings. The van der Waals surface area contributed by atoms with Crippen LogP contribution in [0.15, 0.2) is 0 Å². The van der Waals surface area contributed by atoms with E-state index in [0.717, 1.165) is 0 Å². The van der Waals surface area contributed by atoms with E-state index in [0.29, 0.717) is 11.4 Å². The van der Waals surface area contributed by atoms with Gasteiger partial charge in [-0.05, 0) is 5.92 Å². The highest BCUT2D eigenvalue weighted by molar-refractivity contribution is 8.13. The summed E-state index contributed by atoms with van der Waals surface area (Å²) in [6.45, 7) is 3.81. The van der Waals surface area contributed by atoms with Gasteiger partial charge >= 0.3 is 0 Å². The minimum atomic E-state index is -3.55. The van der Waals surface area contributed by atoms with Crippen LogP contribution in [0.25, 0.3) is 0 Å². The van der Waals surface area contributed by atoms with Crippen molar-refractivity contribution in [3.05, 3.63) is 11.4 Å². The summed E-state index contributed by atoms with van der Waals surface area (Å²) in [4.78, 5) is 0. The molecule has 1 aromatic rings. The largest absolute Gasteiger partial charge is 0.238 e. The van der Waals surface area contributed by atoms with Gasteiger partial charge < -0.3 is 0 Å². The van der Waals surface area contributed by atoms with Crippen LogP contribution in [0, 0.1) is 0 Å². The van der Waals surface area contributed by atoms with Crippen molar-refractivity contribution in [3.63, 3.8) is 0 Å². The molecule has 0 aliphatic carbocycles. The lowest BCUT2D eigenvalue weighted by atomic mass is 10.1. The molecule has 0 radical (unpaired) electrons. The number of nitrogens with zero attached hydrogens (tertiary/aromatic N) is 2. The molecule has 0 saturated heterocycles. The fourth-order valence-electron chi connectivity index (χ4n) is 0.993. The van der Waals surface area contributed by atoms with E-state index in [9.17, 15) is 8.42 Å². The van der Waals surface area contributed by atoms with Gasteiger partial charge in [0.15, 0.2) is 0 Å². The molecule has 0 saturated carbocycles. The zero-order valence-electron chi connectivity index (χ0n) is 7.28. The number of aromatic nitrogens is 3. The van der Waals surface area contributed by atoms with Crippen LogP contribution < -0.4 is 0 Å². The van der Waals surface area contributed by atoms with E-state index in [4.69, 9.17) is 10.7 Å². The summed E-state index contributed by atoms with van der Waals surface area (Å²) in [5, 5.41) is 9.94. The summed E-state index contributed by atoms with van der Waals surface area (Å²) in [5.41, 5.74) is 1.04. The average molecular weight is 224 g/mol. The first-order chi connectivity index (χ1) is 5.90. The van der Waals surface area contributed by atoms with Gasteiger partial charge in [-0.25, -0.2) is 8.42 Å². The molecule has 0 amide bonds. The van der Waals surface area contributed by atoms with Crippen LogP contribution in [0.2, 0.25) is 0 Å². The van der Waals surface area contributed by atoms with E-state index in [1.165, 1.54) is 0 Å². The van der Waals surface area contributed by atoms with Gasteiger partial charge in [0.2, 0.25) is 9.05 Å². The Bertz CT molecular complexity index is 384. The fraction of sp³-hybridized carbons (Fsp3) is 0.667. The molecule has 0 unspecified atom stereocenters. The number of rotatable bonds is 3. The van der Waals surface area contributed by atoms with Gasteiger partial charge in [-0.15, -0.1) is 0 Å². The third kappa shape index (κ3) is 2.96. The van der Waals surface area contributed by atoms with Gasteiger partial charge in [0.05, 0.1) is 5.69 Å². The maximum Gasteiger partial charge on any atom is 0.238 e. The van der Waals surface area contributed by atoms with Crippen LogP contribution in [0.1, 0.15) is 31.2 Å². The average Bonchev–Trinajstić information content (AvgIpc) is 2.31. The molecule has 74 valence electrons. The normalized spacial score (nSPS) is 12.3. The van der Waals surface area contributed by atoms with Crippen molar-refractivity contribution < 1.29 is 8.42 Å². The van der Waals surface area contributed by atoms with Crippen molar-refractivity contribution in [2.75, 3.05) is 0 Å². The predicted molar refractivity (Wildman–Crippen MR) is 48.9 cm³/mol.